The number of amidine groups is 1. The second-order valence-corrected chi connectivity index (χ2v) is 3.25. The summed E-state index contributed by atoms with van der Waals surface area (Å²) >= 11 is 0. The summed E-state index contributed by atoms with van der Waals surface area (Å²) in [6.45, 7) is 0. The minimum absolute atomic E-state index is 0.238. The smallest absolute Gasteiger partial charge is 0.131 e. The van der Waals surface area contributed by atoms with E-state index in [2.05, 4.69) is 4.99 Å². The van der Waals surface area contributed by atoms with Gasteiger partial charge in [-0.25, -0.2) is 4.39 Å². The van der Waals surface area contributed by atoms with Gasteiger partial charge in [-0.2, -0.15) is 0 Å². The van der Waals surface area contributed by atoms with E-state index in [1.165, 1.54) is 6.07 Å². The Kier molecular flexibility index (Phi) is 2.37. The van der Waals surface area contributed by atoms with Crippen molar-refractivity contribution >= 4 is 16.6 Å². The van der Waals surface area contributed by atoms with Crippen molar-refractivity contribution in [1.29, 1.82) is 0 Å². The molecule has 0 amide bonds. The fourth-order valence-corrected chi connectivity index (χ4v) is 1.61. The molecular formula is C12H11FN2. The Morgan fingerprint density at radius 1 is 1.13 bits per heavy atom. The van der Waals surface area contributed by atoms with Crippen LogP contribution < -0.4 is 5.73 Å². The van der Waals surface area contributed by atoms with E-state index < -0.39 is 0 Å². The van der Waals surface area contributed by atoms with Gasteiger partial charge in [-0.15, -0.1) is 0 Å². The molecule has 2 rings (SSSR count). The average Bonchev–Trinajstić information content (AvgIpc) is 2.29. The number of nitrogens with two attached hydrogens (primary N) is 1. The fraction of sp³-hybridized carbons (Fsp3) is 0.0833. The molecule has 0 aliphatic rings. The second-order valence-electron chi connectivity index (χ2n) is 3.25. The van der Waals surface area contributed by atoms with Crippen molar-refractivity contribution in [3.63, 3.8) is 0 Å². The summed E-state index contributed by atoms with van der Waals surface area (Å²) in [5, 5.41) is 1.36. The van der Waals surface area contributed by atoms with E-state index in [-0.39, 0.29) is 5.82 Å². The van der Waals surface area contributed by atoms with Crippen molar-refractivity contribution in [3.05, 3.63) is 47.8 Å². The van der Waals surface area contributed by atoms with Gasteiger partial charge in [0.1, 0.15) is 11.7 Å². The SMILES string of the molecule is CN=C(N)c1ccc(F)c2ccccc12. The highest BCUT2D eigenvalue weighted by Crippen LogP contribution is 2.21. The number of aliphatic imine (C=N–C) groups is 1. The lowest BCUT2D eigenvalue weighted by Gasteiger charge is -2.06. The van der Waals surface area contributed by atoms with Crippen LogP contribution >= 0.6 is 0 Å². The zero-order chi connectivity index (χ0) is 10.8. The van der Waals surface area contributed by atoms with E-state index >= 15 is 0 Å². The van der Waals surface area contributed by atoms with Crippen LogP contribution in [0.5, 0.6) is 0 Å². The molecule has 2 aromatic carbocycles. The molecule has 0 saturated carbocycles. The van der Waals surface area contributed by atoms with Gasteiger partial charge >= 0.3 is 0 Å². The van der Waals surface area contributed by atoms with Crippen LogP contribution in [0.15, 0.2) is 41.4 Å². The first-order valence-electron chi connectivity index (χ1n) is 4.64. The molecular weight excluding hydrogens is 191 g/mol. The van der Waals surface area contributed by atoms with Crippen molar-refractivity contribution in [3.8, 4) is 0 Å². The van der Waals surface area contributed by atoms with Gasteiger partial charge in [0.05, 0.1) is 0 Å². The van der Waals surface area contributed by atoms with Crippen LogP contribution in [0.2, 0.25) is 0 Å². The van der Waals surface area contributed by atoms with Crippen molar-refractivity contribution < 1.29 is 4.39 Å². The average molecular weight is 202 g/mol. The standard InChI is InChI=1S/C12H11FN2/c1-15-12(14)10-6-7-11(13)9-5-3-2-4-8(9)10/h2-7H,1H3,(H2,14,15). The highest BCUT2D eigenvalue weighted by molar-refractivity contribution is 6.09. The maximum atomic E-state index is 13.5. The fourth-order valence-electron chi connectivity index (χ4n) is 1.61. The molecule has 0 atom stereocenters. The third kappa shape index (κ3) is 1.56. The third-order valence-corrected chi connectivity index (χ3v) is 2.39. The normalized spacial score (nSPS) is 12.0. The maximum absolute atomic E-state index is 13.5. The van der Waals surface area contributed by atoms with E-state index in [0.29, 0.717) is 11.2 Å². The Labute approximate surface area is 87.2 Å². The number of halogens is 1. The highest BCUT2D eigenvalue weighted by atomic mass is 19.1. The molecule has 2 nitrogen and oxygen atoms in total. The monoisotopic (exact) mass is 202 g/mol. The zero-order valence-electron chi connectivity index (χ0n) is 8.37. The number of benzene rings is 2. The quantitative estimate of drug-likeness (QED) is 0.559. The number of hydrogen-bond donors (Lipinski definition) is 1. The Morgan fingerprint density at radius 2 is 1.80 bits per heavy atom. The highest BCUT2D eigenvalue weighted by Gasteiger charge is 2.06. The summed E-state index contributed by atoms with van der Waals surface area (Å²) in [6.07, 6.45) is 0. The lowest BCUT2D eigenvalue weighted by Crippen LogP contribution is -2.13. The molecule has 2 aromatic rings. The first-order valence-corrected chi connectivity index (χ1v) is 4.64. The topological polar surface area (TPSA) is 38.4 Å². The van der Waals surface area contributed by atoms with Crippen LogP contribution in [0, 0.1) is 5.82 Å². The zero-order valence-corrected chi connectivity index (χ0v) is 8.37. The number of rotatable bonds is 1. The van der Waals surface area contributed by atoms with E-state index in [1.54, 1.807) is 25.2 Å². The Bertz CT molecular complexity index is 532. The van der Waals surface area contributed by atoms with Gasteiger partial charge in [0.15, 0.2) is 0 Å². The Balaban J connectivity index is 2.83. The molecule has 0 spiro atoms. The van der Waals surface area contributed by atoms with Gasteiger partial charge in [0.2, 0.25) is 0 Å². The summed E-state index contributed by atoms with van der Waals surface area (Å²) in [4.78, 5) is 3.91. The minimum Gasteiger partial charge on any atom is -0.383 e. The predicted molar refractivity (Wildman–Crippen MR) is 60.6 cm³/mol. The van der Waals surface area contributed by atoms with E-state index in [1.807, 2.05) is 12.1 Å². The minimum atomic E-state index is -0.238. The molecule has 0 unspecified atom stereocenters. The van der Waals surface area contributed by atoms with Crippen LogP contribution in [0.3, 0.4) is 0 Å². The lowest BCUT2D eigenvalue weighted by molar-refractivity contribution is 0.640. The van der Waals surface area contributed by atoms with Gasteiger partial charge < -0.3 is 5.73 Å². The third-order valence-electron chi connectivity index (χ3n) is 2.39. The number of nitrogens with zero attached hydrogens (tertiary/aromatic N) is 1. The van der Waals surface area contributed by atoms with Gasteiger partial charge in [-0.3, -0.25) is 4.99 Å². The maximum Gasteiger partial charge on any atom is 0.131 e. The van der Waals surface area contributed by atoms with E-state index in [9.17, 15) is 4.39 Å². The summed E-state index contributed by atoms with van der Waals surface area (Å²) < 4.78 is 13.5. The van der Waals surface area contributed by atoms with Crippen LogP contribution in [-0.4, -0.2) is 12.9 Å². The van der Waals surface area contributed by atoms with Gasteiger partial charge in [-0.1, -0.05) is 24.3 Å². The molecule has 0 aliphatic carbocycles. The summed E-state index contributed by atoms with van der Waals surface area (Å²) in [7, 11) is 1.62. The molecule has 0 saturated heterocycles. The molecule has 3 heteroatoms. The van der Waals surface area contributed by atoms with Crippen LogP contribution in [0.25, 0.3) is 10.8 Å². The van der Waals surface area contributed by atoms with E-state index in [0.717, 1.165) is 10.9 Å². The Morgan fingerprint density at radius 3 is 2.47 bits per heavy atom. The second kappa shape index (κ2) is 3.69. The summed E-state index contributed by atoms with van der Waals surface area (Å²) in [5.41, 5.74) is 6.51. The van der Waals surface area contributed by atoms with Crippen LogP contribution in [-0.2, 0) is 0 Å². The first kappa shape index (κ1) is 9.65. The largest absolute Gasteiger partial charge is 0.383 e. The molecule has 2 N–H and O–H groups in total. The predicted octanol–water partition coefficient (Wildman–Crippen LogP) is 2.31. The molecule has 0 fully saturated rings. The van der Waals surface area contributed by atoms with Crippen molar-refractivity contribution in [2.45, 2.75) is 0 Å². The van der Waals surface area contributed by atoms with Gasteiger partial charge in [-0.05, 0) is 17.5 Å². The van der Waals surface area contributed by atoms with Crippen molar-refractivity contribution in [1.82, 2.24) is 0 Å². The van der Waals surface area contributed by atoms with Crippen molar-refractivity contribution in [2.75, 3.05) is 7.05 Å². The molecule has 76 valence electrons. The molecule has 0 aliphatic heterocycles. The van der Waals surface area contributed by atoms with Crippen molar-refractivity contribution in [2.24, 2.45) is 10.7 Å². The number of hydrogen-bond acceptors (Lipinski definition) is 1. The van der Waals surface area contributed by atoms with Gasteiger partial charge in [0.25, 0.3) is 0 Å². The molecule has 0 heterocycles. The van der Waals surface area contributed by atoms with E-state index in [4.69, 9.17) is 5.73 Å². The molecule has 0 bridgehead atoms. The van der Waals surface area contributed by atoms with Gasteiger partial charge in [0, 0.05) is 18.0 Å². The molecule has 0 aromatic heterocycles. The lowest BCUT2D eigenvalue weighted by atomic mass is 10.0. The molecule has 0 radical (unpaired) electrons. The summed E-state index contributed by atoms with van der Waals surface area (Å²) in [6, 6.07) is 10.3. The Hall–Kier alpha value is -1.90. The number of fused-ring (bicyclic) bond motifs is 1. The molecule has 15 heavy (non-hydrogen) atoms. The van der Waals surface area contributed by atoms with Crippen LogP contribution in [0.4, 0.5) is 4.39 Å². The van der Waals surface area contributed by atoms with Crippen LogP contribution in [0.1, 0.15) is 5.56 Å². The summed E-state index contributed by atoms with van der Waals surface area (Å²) in [5.74, 6) is 0.185. The first-order chi connectivity index (χ1) is 7.24.